The lowest BCUT2D eigenvalue weighted by Crippen LogP contribution is -2.10. The van der Waals surface area contributed by atoms with Crippen LogP contribution in [0.15, 0.2) is 30.3 Å². The molecule has 0 aromatic heterocycles. The predicted molar refractivity (Wildman–Crippen MR) is 58.2 cm³/mol. The SMILES string of the molecule is C[C@H]1CCCC[C@@H](c2ccccc2)O1. The first-order valence-corrected chi connectivity index (χ1v) is 5.56. The van der Waals surface area contributed by atoms with Gasteiger partial charge in [-0.25, -0.2) is 0 Å². The van der Waals surface area contributed by atoms with Crippen LogP contribution in [-0.2, 0) is 4.74 Å². The quantitative estimate of drug-likeness (QED) is 0.656. The fourth-order valence-electron chi connectivity index (χ4n) is 2.09. The Morgan fingerprint density at radius 2 is 1.79 bits per heavy atom. The van der Waals surface area contributed by atoms with Crippen molar-refractivity contribution in [2.45, 2.75) is 44.8 Å². The topological polar surface area (TPSA) is 9.23 Å². The minimum Gasteiger partial charge on any atom is -0.371 e. The number of hydrogen-bond donors (Lipinski definition) is 0. The standard InChI is InChI=1S/C13H18O/c1-11-7-5-6-10-13(14-11)12-8-3-2-4-9-12/h2-4,8-9,11,13H,5-7,10H2,1H3/t11-,13-/m0/s1. The zero-order chi connectivity index (χ0) is 9.80. The summed E-state index contributed by atoms with van der Waals surface area (Å²) in [5.41, 5.74) is 1.33. The van der Waals surface area contributed by atoms with Crippen molar-refractivity contribution >= 4 is 0 Å². The molecule has 1 nitrogen and oxygen atoms in total. The average Bonchev–Trinajstić information content (AvgIpc) is 2.44. The first-order chi connectivity index (χ1) is 6.86. The lowest BCUT2D eigenvalue weighted by atomic mass is 10.0. The molecule has 2 atom stereocenters. The third-order valence-corrected chi connectivity index (χ3v) is 2.89. The zero-order valence-electron chi connectivity index (χ0n) is 8.78. The average molecular weight is 190 g/mol. The fourth-order valence-corrected chi connectivity index (χ4v) is 2.09. The summed E-state index contributed by atoms with van der Waals surface area (Å²) in [5, 5.41) is 0. The van der Waals surface area contributed by atoms with E-state index in [1.807, 2.05) is 0 Å². The maximum Gasteiger partial charge on any atom is 0.0828 e. The molecule has 0 N–H and O–H groups in total. The van der Waals surface area contributed by atoms with Crippen molar-refractivity contribution in [3.63, 3.8) is 0 Å². The Morgan fingerprint density at radius 3 is 2.57 bits per heavy atom. The number of ether oxygens (including phenoxy) is 1. The highest BCUT2D eigenvalue weighted by Gasteiger charge is 2.18. The van der Waals surface area contributed by atoms with Gasteiger partial charge in [0, 0.05) is 0 Å². The van der Waals surface area contributed by atoms with Gasteiger partial charge in [-0.3, -0.25) is 0 Å². The highest BCUT2D eigenvalue weighted by molar-refractivity contribution is 5.17. The molecule has 0 radical (unpaired) electrons. The van der Waals surface area contributed by atoms with E-state index < -0.39 is 0 Å². The molecule has 1 aromatic rings. The molecular formula is C13H18O. The Bertz CT molecular complexity index is 268. The van der Waals surface area contributed by atoms with Crippen LogP contribution >= 0.6 is 0 Å². The number of rotatable bonds is 1. The largest absolute Gasteiger partial charge is 0.371 e. The maximum absolute atomic E-state index is 6.00. The summed E-state index contributed by atoms with van der Waals surface area (Å²) in [6.07, 6.45) is 5.74. The van der Waals surface area contributed by atoms with Crippen molar-refractivity contribution in [3.8, 4) is 0 Å². The molecule has 14 heavy (non-hydrogen) atoms. The Kier molecular flexibility index (Phi) is 3.20. The maximum atomic E-state index is 6.00. The smallest absolute Gasteiger partial charge is 0.0828 e. The van der Waals surface area contributed by atoms with Gasteiger partial charge in [-0.15, -0.1) is 0 Å². The van der Waals surface area contributed by atoms with E-state index >= 15 is 0 Å². The molecule has 0 amide bonds. The Balaban J connectivity index is 2.09. The van der Waals surface area contributed by atoms with E-state index in [9.17, 15) is 0 Å². The lowest BCUT2D eigenvalue weighted by Gasteiger charge is -2.19. The van der Waals surface area contributed by atoms with Crippen molar-refractivity contribution in [2.24, 2.45) is 0 Å². The van der Waals surface area contributed by atoms with Crippen LogP contribution in [0.5, 0.6) is 0 Å². The minimum absolute atomic E-state index is 0.327. The predicted octanol–water partition coefficient (Wildman–Crippen LogP) is 3.71. The summed E-state index contributed by atoms with van der Waals surface area (Å²) in [6, 6.07) is 10.6. The highest BCUT2D eigenvalue weighted by atomic mass is 16.5. The molecule has 0 spiro atoms. The molecule has 1 saturated heterocycles. The van der Waals surface area contributed by atoms with Crippen molar-refractivity contribution in [1.29, 1.82) is 0 Å². The van der Waals surface area contributed by atoms with Crippen molar-refractivity contribution in [2.75, 3.05) is 0 Å². The molecule has 1 heterocycles. The van der Waals surface area contributed by atoms with E-state index in [1.54, 1.807) is 0 Å². The molecule has 76 valence electrons. The van der Waals surface area contributed by atoms with Gasteiger partial charge in [0.05, 0.1) is 12.2 Å². The van der Waals surface area contributed by atoms with Gasteiger partial charge in [0.1, 0.15) is 0 Å². The van der Waals surface area contributed by atoms with Crippen LogP contribution in [0.4, 0.5) is 0 Å². The van der Waals surface area contributed by atoms with Crippen LogP contribution in [0.25, 0.3) is 0 Å². The zero-order valence-corrected chi connectivity index (χ0v) is 8.78. The molecule has 0 saturated carbocycles. The van der Waals surface area contributed by atoms with Gasteiger partial charge in [0.2, 0.25) is 0 Å². The second-order valence-electron chi connectivity index (χ2n) is 4.13. The van der Waals surface area contributed by atoms with Gasteiger partial charge in [0.25, 0.3) is 0 Å². The van der Waals surface area contributed by atoms with Gasteiger partial charge < -0.3 is 4.74 Å². The van der Waals surface area contributed by atoms with Gasteiger partial charge in [-0.05, 0) is 25.3 Å². The second kappa shape index (κ2) is 4.61. The first-order valence-electron chi connectivity index (χ1n) is 5.56. The van der Waals surface area contributed by atoms with E-state index in [4.69, 9.17) is 4.74 Å². The summed E-state index contributed by atoms with van der Waals surface area (Å²) >= 11 is 0. The van der Waals surface area contributed by atoms with Crippen LogP contribution in [0.2, 0.25) is 0 Å². The molecule has 1 aliphatic heterocycles. The lowest BCUT2D eigenvalue weighted by molar-refractivity contribution is 0.000803. The van der Waals surface area contributed by atoms with Crippen LogP contribution in [-0.4, -0.2) is 6.10 Å². The molecular weight excluding hydrogens is 172 g/mol. The third kappa shape index (κ3) is 2.36. The molecule has 1 heteroatoms. The van der Waals surface area contributed by atoms with Crippen molar-refractivity contribution in [1.82, 2.24) is 0 Å². The first kappa shape index (κ1) is 9.72. The fraction of sp³-hybridized carbons (Fsp3) is 0.538. The van der Waals surface area contributed by atoms with E-state index in [1.165, 1.54) is 31.2 Å². The second-order valence-corrected chi connectivity index (χ2v) is 4.13. The van der Waals surface area contributed by atoms with Crippen LogP contribution in [0, 0.1) is 0 Å². The molecule has 1 aliphatic rings. The van der Waals surface area contributed by atoms with E-state index in [0.29, 0.717) is 12.2 Å². The van der Waals surface area contributed by atoms with Gasteiger partial charge in [-0.1, -0.05) is 43.2 Å². The van der Waals surface area contributed by atoms with Crippen molar-refractivity contribution < 1.29 is 4.74 Å². The molecule has 0 bridgehead atoms. The van der Waals surface area contributed by atoms with Crippen molar-refractivity contribution in [3.05, 3.63) is 35.9 Å². The normalized spacial score (nSPS) is 28.4. The Morgan fingerprint density at radius 1 is 1.07 bits per heavy atom. The highest BCUT2D eigenvalue weighted by Crippen LogP contribution is 2.29. The van der Waals surface area contributed by atoms with Gasteiger partial charge in [-0.2, -0.15) is 0 Å². The van der Waals surface area contributed by atoms with E-state index in [0.717, 1.165) is 0 Å². The van der Waals surface area contributed by atoms with E-state index in [-0.39, 0.29) is 0 Å². The monoisotopic (exact) mass is 190 g/mol. The summed E-state index contributed by atoms with van der Waals surface area (Å²) in [5.74, 6) is 0. The van der Waals surface area contributed by atoms with Crippen LogP contribution in [0.3, 0.4) is 0 Å². The van der Waals surface area contributed by atoms with Gasteiger partial charge >= 0.3 is 0 Å². The minimum atomic E-state index is 0.327. The van der Waals surface area contributed by atoms with E-state index in [2.05, 4.69) is 37.3 Å². The number of benzene rings is 1. The third-order valence-electron chi connectivity index (χ3n) is 2.89. The summed E-state index contributed by atoms with van der Waals surface area (Å²) < 4.78 is 6.00. The summed E-state index contributed by atoms with van der Waals surface area (Å²) in [6.45, 7) is 2.18. The molecule has 1 aromatic carbocycles. The molecule has 0 unspecified atom stereocenters. The van der Waals surface area contributed by atoms with Crippen LogP contribution < -0.4 is 0 Å². The Labute approximate surface area is 86.1 Å². The molecule has 0 aliphatic carbocycles. The molecule has 1 fully saturated rings. The van der Waals surface area contributed by atoms with Gasteiger partial charge in [0.15, 0.2) is 0 Å². The summed E-state index contributed by atoms with van der Waals surface area (Å²) in [4.78, 5) is 0. The molecule has 2 rings (SSSR count). The van der Waals surface area contributed by atoms with Crippen LogP contribution in [0.1, 0.15) is 44.3 Å². The Hall–Kier alpha value is -0.820. The number of hydrogen-bond acceptors (Lipinski definition) is 1. The summed E-state index contributed by atoms with van der Waals surface area (Å²) in [7, 11) is 0.